The van der Waals surface area contributed by atoms with Crippen molar-refractivity contribution in [2.45, 2.75) is 39.2 Å². The van der Waals surface area contributed by atoms with E-state index in [0.717, 1.165) is 48.8 Å². The summed E-state index contributed by atoms with van der Waals surface area (Å²) < 4.78 is 0. The zero-order valence-electron chi connectivity index (χ0n) is 14.7. The van der Waals surface area contributed by atoms with Gasteiger partial charge in [0.2, 0.25) is 5.91 Å². The van der Waals surface area contributed by atoms with Gasteiger partial charge in [-0.1, -0.05) is 26.3 Å². The maximum atomic E-state index is 11.9. The Morgan fingerprint density at radius 1 is 1.20 bits per heavy atom. The summed E-state index contributed by atoms with van der Waals surface area (Å²) in [7, 11) is 0. The minimum atomic E-state index is -0.819. The molecule has 1 aliphatic rings. The number of carboxylic acid groups (broad SMARTS) is 1. The molecule has 1 aromatic heterocycles. The van der Waals surface area contributed by atoms with Gasteiger partial charge in [-0.05, 0) is 38.1 Å². The van der Waals surface area contributed by atoms with Crippen LogP contribution in [0.4, 0.5) is 5.69 Å². The number of rotatable bonds is 5. The molecule has 1 aliphatic heterocycles. The average molecular weight is 343 g/mol. The van der Waals surface area contributed by atoms with Gasteiger partial charge in [0.1, 0.15) is 6.04 Å². The quantitative estimate of drug-likeness (QED) is 0.777. The summed E-state index contributed by atoms with van der Waals surface area (Å²) in [6.45, 7) is 5.31. The van der Waals surface area contributed by atoms with E-state index in [2.05, 4.69) is 10.3 Å². The molecule has 6 heteroatoms. The Balaban J connectivity index is 1.91. The molecule has 25 heavy (non-hydrogen) atoms. The summed E-state index contributed by atoms with van der Waals surface area (Å²) in [4.78, 5) is 29.0. The molecule has 1 aromatic carbocycles. The number of H-pyrrole nitrogens is 1. The first-order valence-corrected chi connectivity index (χ1v) is 8.86. The Morgan fingerprint density at radius 3 is 2.56 bits per heavy atom. The number of benzene rings is 1. The van der Waals surface area contributed by atoms with Gasteiger partial charge in [0.15, 0.2) is 0 Å². The van der Waals surface area contributed by atoms with Crippen molar-refractivity contribution in [1.82, 2.24) is 9.88 Å². The van der Waals surface area contributed by atoms with Gasteiger partial charge in [0.25, 0.3) is 0 Å². The summed E-state index contributed by atoms with van der Waals surface area (Å²) in [5.41, 5.74) is 2.33. The number of piperidine rings is 1. The largest absolute Gasteiger partial charge is 0.480 e. The van der Waals surface area contributed by atoms with Crippen LogP contribution in [0.15, 0.2) is 24.4 Å². The number of hydrogen-bond donors (Lipinski definition) is 3. The number of carboxylic acids is 1. The molecule has 0 spiro atoms. The fraction of sp³-hybridized carbons (Fsp3) is 0.474. The molecule has 0 aliphatic carbocycles. The predicted octanol–water partition coefficient (Wildman–Crippen LogP) is 3.37. The lowest BCUT2D eigenvalue weighted by molar-refractivity contribution is -0.144. The molecular weight excluding hydrogens is 318 g/mol. The van der Waals surface area contributed by atoms with Crippen LogP contribution in [0.3, 0.4) is 0 Å². The topological polar surface area (TPSA) is 85.4 Å². The predicted molar refractivity (Wildman–Crippen MR) is 97.6 cm³/mol. The van der Waals surface area contributed by atoms with Crippen molar-refractivity contribution >= 4 is 28.5 Å². The molecule has 2 aromatic rings. The van der Waals surface area contributed by atoms with Crippen molar-refractivity contribution in [2.24, 2.45) is 5.92 Å². The lowest BCUT2D eigenvalue weighted by atomic mass is 10.0. The molecule has 2 heterocycles. The maximum Gasteiger partial charge on any atom is 0.325 e. The van der Waals surface area contributed by atoms with E-state index in [1.54, 1.807) is 6.20 Å². The average Bonchev–Trinajstić information content (AvgIpc) is 2.98. The zero-order chi connectivity index (χ0) is 18.0. The van der Waals surface area contributed by atoms with Gasteiger partial charge >= 0.3 is 5.97 Å². The Morgan fingerprint density at radius 2 is 1.92 bits per heavy atom. The van der Waals surface area contributed by atoms with E-state index in [0.29, 0.717) is 5.69 Å². The number of amides is 1. The van der Waals surface area contributed by atoms with Crippen molar-refractivity contribution in [3.8, 4) is 0 Å². The number of carbonyl (C=O) groups excluding carboxylic acids is 1. The second kappa shape index (κ2) is 7.27. The Labute approximate surface area is 147 Å². The molecule has 1 amide bonds. The normalized spacial score (nSPS) is 16.9. The zero-order valence-corrected chi connectivity index (χ0v) is 14.7. The number of anilines is 1. The second-order valence-electron chi connectivity index (χ2n) is 6.99. The molecule has 3 rings (SSSR count). The number of aromatic nitrogens is 1. The highest BCUT2D eigenvalue weighted by Crippen LogP contribution is 2.32. The van der Waals surface area contributed by atoms with Crippen molar-refractivity contribution in [3.63, 3.8) is 0 Å². The van der Waals surface area contributed by atoms with Crippen molar-refractivity contribution in [2.75, 3.05) is 18.4 Å². The van der Waals surface area contributed by atoms with Gasteiger partial charge in [-0.3, -0.25) is 14.5 Å². The van der Waals surface area contributed by atoms with E-state index in [-0.39, 0.29) is 11.8 Å². The minimum Gasteiger partial charge on any atom is -0.480 e. The Kier molecular flexibility index (Phi) is 5.08. The van der Waals surface area contributed by atoms with E-state index in [9.17, 15) is 14.7 Å². The van der Waals surface area contributed by atoms with Crippen molar-refractivity contribution in [3.05, 3.63) is 30.0 Å². The molecule has 1 unspecified atom stereocenters. The number of aliphatic carboxylic acids is 1. The number of nitrogens with zero attached hydrogens (tertiary/aromatic N) is 1. The SMILES string of the molecule is CC(C)C(=O)Nc1ccc2c(C(C(=O)O)N3CCCCC3)c[nH]c2c1. The minimum absolute atomic E-state index is 0.0390. The lowest BCUT2D eigenvalue weighted by Crippen LogP contribution is -2.37. The van der Waals surface area contributed by atoms with Crippen LogP contribution < -0.4 is 5.32 Å². The van der Waals surface area contributed by atoms with E-state index in [1.807, 2.05) is 36.9 Å². The summed E-state index contributed by atoms with van der Waals surface area (Å²) in [5.74, 6) is -0.951. The number of likely N-dealkylation sites (tertiary alicyclic amines) is 1. The fourth-order valence-electron chi connectivity index (χ4n) is 3.40. The first-order chi connectivity index (χ1) is 12.0. The van der Waals surface area contributed by atoms with Crippen LogP contribution in [-0.2, 0) is 9.59 Å². The third-order valence-corrected chi connectivity index (χ3v) is 4.79. The molecule has 1 saturated heterocycles. The summed E-state index contributed by atoms with van der Waals surface area (Å²) in [5, 5.41) is 13.5. The van der Waals surface area contributed by atoms with Gasteiger partial charge in [-0.25, -0.2) is 0 Å². The number of hydrogen-bond acceptors (Lipinski definition) is 3. The number of carbonyl (C=O) groups is 2. The van der Waals surface area contributed by atoms with Crippen molar-refractivity contribution < 1.29 is 14.7 Å². The molecule has 0 saturated carbocycles. The summed E-state index contributed by atoms with van der Waals surface area (Å²) in [6.07, 6.45) is 5.02. The molecule has 0 bridgehead atoms. The van der Waals surface area contributed by atoms with Gasteiger partial charge < -0.3 is 15.4 Å². The van der Waals surface area contributed by atoms with E-state index in [4.69, 9.17) is 0 Å². The second-order valence-corrected chi connectivity index (χ2v) is 6.99. The van der Waals surface area contributed by atoms with Crippen LogP contribution >= 0.6 is 0 Å². The highest BCUT2D eigenvalue weighted by atomic mass is 16.4. The Bertz CT molecular complexity index is 775. The molecule has 0 radical (unpaired) electrons. The van der Waals surface area contributed by atoms with Gasteiger partial charge in [-0.15, -0.1) is 0 Å². The number of aromatic amines is 1. The molecule has 6 nitrogen and oxygen atoms in total. The fourth-order valence-corrected chi connectivity index (χ4v) is 3.40. The number of nitrogens with one attached hydrogen (secondary N) is 2. The van der Waals surface area contributed by atoms with E-state index < -0.39 is 12.0 Å². The smallest absolute Gasteiger partial charge is 0.325 e. The van der Waals surface area contributed by atoms with Crippen LogP contribution in [0.2, 0.25) is 0 Å². The van der Waals surface area contributed by atoms with Gasteiger partial charge in [0, 0.05) is 34.3 Å². The third-order valence-electron chi connectivity index (χ3n) is 4.79. The molecule has 3 N–H and O–H groups in total. The molecule has 134 valence electrons. The summed E-state index contributed by atoms with van der Waals surface area (Å²) in [6, 6.07) is 4.94. The highest BCUT2D eigenvalue weighted by molar-refractivity contribution is 5.96. The van der Waals surface area contributed by atoms with Gasteiger partial charge in [0.05, 0.1) is 0 Å². The lowest BCUT2D eigenvalue weighted by Gasteiger charge is -2.31. The first-order valence-electron chi connectivity index (χ1n) is 8.86. The standard InChI is InChI=1S/C19H25N3O3/c1-12(2)18(23)21-13-6-7-14-15(11-20-16(14)10-13)17(19(24)25)22-8-4-3-5-9-22/h6-7,10-12,17,20H,3-5,8-9H2,1-2H3,(H,21,23)(H,24,25). The molecule has 1 atom stereocenters. The van der Waals surface area contributed by atoms with E-state index >= 15 is 0 Å². The third kappa shape index (κ3) is 3.69. The van der Waals surface area contributed by atoms with Crippen LogP contribution in [0.25, 0.3) is 10.9 Å². The maximum absolute atomic E-state index is 11.9. The van der Waals surface area contributed by atoms with E-state index in [1.165, 1.54) is 0 Å². The van der Waals surface area contributed by atoms with Gasteiger partial charge in [-0.2, -0.15) is 0 Å². The van der Waals surface area contributed by atoms with Crippen LogP contribution in [0.5, 0.6) is 0 Å². The van der Waals surface area contributed by atoms with Crippen molar-refractivity contribution in [1.29, 1.82) is 0 Å². The monoisotopic (exact) mass is 343 g/mol. The van der Waals surface area contributed by atoms with Crippen LogP contribution in [0.1, 0.15) is 44.7 Å². The number of fused-ring (bicyclic) bond motifs is 1. The van der Waals surface area contributed by atoms with Crippen LogP contribution in [0, 0.1) is 5.92 Å². The highest BCUT2D eigenvalue weighted by Gasteiger charge is 2.30. The Hall–Kier alpha value is -2.34. The van der Waals surface area contributed by atoms with Crippen LogP contribution in [-0.4, -0.2) is 40.0 Å². The first kappa shape index (κ1) is 17.5. The molecular formula is C19H25N3O3. The molecule has 1 fully saturated rings. The summed E-state index contributed by atoms with van der Waals surface area (Å²) >= 11 is 0.